The van der Waals surface area contributed by atoms with Gasteiger partial charge >= 0.3 is 7.82 Å². The Morgan fingerprint density at radius 2 is 1.10 bits per heavy atom. The van der Waals surface area contributed by atoms with Gasteiger partial charge in [0.1, 0.15) is 13.2 Å². The van der Waals surface area contributed by atoms with E-state index in [9.17, 15) is 19.4 Å². The Balaban J connectivity index is 4.55. The molecule has 3 unspecified atom stereocenters. The molecule has 0 rings (SSSR count). The molecule has 1 amide bonds. The van der Waals surface area contributed by atoms with Gasteiger partial charge in [-0.25, -0.2) is 4.57 Å². The lowest BCUT2D eigenvalue weighted by atomic mass is 10.1. The van der Waals surface area contributed by atoms with Gasteiger partial charge in [-0.2, -0.15) is 0 Å². The highest BCUT2D eigenvalue weighted by Crippen LogP contribution is 2.43. The highest BCUT2D eigenvalue weighted by molar-refractivity contribution is 7.47. The molecular formula is C41H80N2O6P+. The second kappa shape index (κ2) is 33.5. The Morgan fingerprint density at radius 3 is 1.60 bits per heavy atom. The SMILES string of the molecule is CCCCCCCCCC/C=C/CC/C=C/CC/C=C/C(O)C(COP(=O)(O)OCC[N+](C)(C)C)NC(=O)CCCCCCCCCCCC. The third-order valence-electron chi connectivity index (χ3n) is 8.84. The number of nitrogens with one attached hydrogen (secondary N) is 1. The summed E-state index contributed by atoms with van der Waals surface area (Å²) in [5.41, 5.74) is 0. The molecule has 0 aliphatic carbocycles. The van der Waals surface area contributed by atoms with Crippen LogP contribution in [0.15, 0.2) is 36.5 Å². The number of carbonyl (C=O) groups excluding carboxylic acids is 1. The Kier molecular flexibility index (Phi) is 32.7. The number of phosphoric ester groups is 1. The van der Waals surface area contributed by atoms with Crippen LogP contribution in [-0.4, -0.2) is 73.4 Å². The highest BCUT2D eigenvalue weighted by atomic mass is 31.2. The molecule has 0 fully saturated rings. The van der Waals surface area contributed by atoms with Crippen molar-refractivity contribution in [1.82, 2.24) is 5.32 Å². The first kappa shape index (κ1) is 48.7. The summed E-state index contributed by atoms with van der Waals surface area (Å²) in [6, 6.07) is -0.863. The van der Waals surface area contributed by atoms with Gasteiger partial charge in [0.2, 0.25) is 5.91 Å². The summed E-state index contributed by atoms with van der Waals surface area (Å²) < 4.78 is 23.4. The molecule has 0 aromatic heterocycles. The van der Waals surface area contributed by atoms with Crippen molar-refractivity contribution in [1.29, 1.82) is 0 Å². The van der Waals surface area contributed by atoms with E-state index in [0.717, 1.165) is 44.9 Å². The quantitative estimate of drug-likeness (QED) is 0.0257. The van der Waals surface area contributed by atoms with Gasteiger partial charge in [0, 0.05) is 6.42 Å². The number of carbonyl (C=O) groups is 1. The van der Waals surface area contributed by atoms with Crippen LogP contribution in [-0.2, 0) is 18.4 Å². The van der Waals surface area contributed by atoms with Gasteiger partial charge in [0.25, 0.3) is 0 Å². The van der Waals surface area contributed by atoms with Crippen LogP contribution in [0, 0.1) is 0 Å². The predicted molar refractivity (Wildman–Crippen MR) is 212 cm³/mol. The van der Waals surface area contributed by atoms with Crippen molar-refractivity contribution in [3.63, 3.8) is 0 Å². The first-order valence-corrected chi connectivity index (χ1v) is 21.9. The molecule has 0 aliphatic rings. The maximum atomic E-state index is 12.8. The number of nitrogens with zero attached hydrogens (tertiary/aromatic N) is 1. The van der Waals surface area contributed by atoms with E-state index in [1.807, 2.05) is 27.2 Å². The van der Waals surface area contributed by atoms with E-state index in [-0.39, 0.29) is 19.1 Å². The third-order valence-corrected chi connectivity index (χ3v) is 9.82. The number of hydrogen-bond donors (Lipinski definition) is 3. The predicted octanol–water partition coefficient (Wildman–Crippen LogP) is 10.7. The zero-order chi connectivity index (χ0) is 37.2. The van der Waals surface area contributed by atoms with E-state index in [1.165, 1.54) is 103 Å². The van der Waals surface area contributed by atoms with Crippen molar-refractivity contribution in [2.75, 3.05) is 40.9 Å². The zero-order valence-electron chi connectivity index (χ0n) is 33.1. The smallest absolute Gasteiger partial charge is 0.387 e. The molecule has 8 nitrogen and oxygen atoms in total. The molecule has 0 saturated heterocycles. The van der Waals surface area contributed by atoms with Crippen LogP contribution < -0.4 is 5.32 Å². The van der Waals surface area contributed by atoms with E-state index < -0.39 is 20.0 Å². The molecule has 294 valence electrons. The lowest BCUT2D eigenvalue weighted by Crippen LogP contribution is -2.45. The molecule has 0 radical (unpaired) electrons. The monoisotopic (exact) mass is 728 g/mol. The van der Waals surface area contributed by atoms with Crippen molar-refractivity contribution in [3.8, 4) is 0 Å². The Morgan fingerprint density at radius 1 is 0.660 bits per heavy atom. The zero-order valence-corrected chi connectivity index (χ0v) is 34.0. The number of allylic oxidation sites excluding steroid dienone is 5. The highest BCUT2D eigenvalue weighted by Gasteiger charge is 2.27. The average molecular weight is 728 g/mol. The van der Waals surface area contributed by atoms with Crippen LogP contribution in [0.2, 0.25) is 0 Å². The van der Waals surface area contributed by atoms with Crippen molar-refractivity contribution >= 4 is 13.7 Å². The van der Waals surface area contributed by atoms with Crippen LogP contribution in [0.3, 0.4) is 0 Å². The minimum absolute atomic E-state index is 0.0542. The van der Waals surface area contributed by atoms with E-state index in [2.05, 4.69) is 43.5 Å². The number of rotatable bonds is 36. The number of aliphatic hydroxyl groups excluding tert-OH is 1. The normalized spacial score (nSPS) is 14.9. The minimum atomic E-state index is -4.34. The number of quaternary nitrogens is 1. The Labute approximate surface area is 308 Å². The summed E-state index contributed by atoms with van der Waals surface area (Å²) in [5, 5.41) is 13.7. The van der Waals surface area contributed by atoms with Crippen molar-refractivity contribution in [2.24, 2.45) is 0 Å². The Bertz CT molecular complexity index is 917. The second-order valence-corrected chi connectivity index (χ2v) is 16.5. The van der Waals surface area contributed by atoms with Gasteiger partial charge in [-0.05, 0) is 44.9 Å². The number of hydrogen-bond acceptors (Lipinski definition) is 5. The number of aliphatic hydroxyl groups is 1. The minimum Gasteiger partial charge on any atom is -0.387 e. The summed E-state index contributed by atoms with van der Waals surface area (Å²) in [5.74, 6) is -0.195. The van der Waals surface area contributed by atoms with Crippen LogP contribution in [0.25, 0.3) is 0 Å². The molecule has 0 aromatic rings. The topological polar surface area (TPSA) is 105 Å². The second-order valence-electron chi connectivity index (χ2n) is 15.0. The van der Waals surface area contributed by atoms with E-state index in [4.69, 9.17) is 9.05 Å². The lowest BCUT2D eigenvalue weighted by Gasteiger charge is -2.25. The van der Waals surface area contributed by atoms with Crippen LogP contribution in [0.1, 0.15) is 168 Å². The number of likely N-dealkylation sites (N-methyl/N-ethyl adjacent to an activating group) is 1. The molecule has 50 heavy (non-hydrogen) atoms. The van der Waals surface area contributed by atoms with E-state index in [0.29, 0.717) is 17.4 Å². The van der Waals surface area contributed by atoms with Gasteiger partial charge in [-0.1, -0.05) is 153 Å². The summed E-state index contributed by atoms with van der Waals surface area (Å²) >= 11 is 0. The molecule has 0 aliphatic heterocycles. The summed E-state index contributed by atoms with van der Waals surface area (Å²) in [4.78, 5) is 23.0. The first-order chi connectivity index (χ1) is 24.0. The van der Waals surface area contributed by atoms with Crippen LogP contribution in [0.5, 0.6) is 0 Å². The van der Waals surface area contributed by atoms with Crippen LogP contribution >= 0.6 is 7.82 Å². The van der Waals surface area contributed by atoms with Gasteiger partial charge < -0.3 is 19.8 Å². The molecule has 0 saturated carbocycles. The van der Waals surface area contributed by atoms with E-state index in [1.54, 1.807) is 6.08 Å². The fourth-order valence-electron chi connectivity index (χ4n) is 5.54. The fourth-order valence-corrected chi connectivity index (χ4v) is 6.28. The molecule has 9 heteroatoms. The standard InChI is InChI=1S/C41H79N2O6P/c1-6-8-10-12-14-16-18-19-20-21-22-23-24-25-26-28-30-32-34-40(44)39(38-49-50(46,47)48-37-36-43(3,4)5)42-41(45)35-33-31-29-27-17-15-13-11-9-7-2/h21-22,25-26,32,34,39-40,44H,6-20,23-24,27-31,33,35-38H2,1-5H3,(H-,42,45,46,47)/p+1/b22-21+,26-25+,34-32+. The molecular weight excluding hydrogens is 647 g/mol. The number of phosphoric acid groups is 1. The summed E-state index contributed by atoms with van der Waals surface area (Å²) in [6.07, 6.45) is 39.3. The molecule has 0 heterocycles. The average Bonchev–Trinajstić information content (AvgIpc) is 3.06. The number of amides is 1. The Hall–Kier alpha value is -1.28. The van der Waals surface area contributed by atoms with Crippen molar-refractivity contribution < 1.29 is 32.9 Å². The van der Waals surface area contributed by atoms with Crippen LogP contribution in [0.4, 0.5) is 0 Å². The molecule has 0 spiro atoms. The van der Waals surface area contributed by atoms with E-state index >= 15 is 0 Å². The maximum absolute atomic E-state index is 12.8. The van der Waals surface area contributed by atoms with Crippen molar-refractivity contribution in [2.45, 2.75) is 180 Å². The van der Waals surface area contributed by atoms with Crippen molar-refractivity contribution in [3.05, 3.63) is 36.5 Å². The molecule has 0 bridgehead atoms. The van der Waals surface area contributed by atoms with Gasteiger partial charge in [0.15, 0.2) is 0 Å². The van der Waals surface area contributed by atoms with Gasteiger partial charge in [0.05, 0.1) is 39.9 Å². The summed E-state index contributed by atoms with van der Waals surface area (Å²) in [6.45, 7) is 4.75. The largest absolute Gasteiger partial charge is 0.472 e. The van der Waals surface area contributed by atoms with Gasteiger partial charge in [-0.3, -0.25) is 13.8 Å². The summed E-state index contributed by atoms with van der Waals surface area (Å²) in [7, 11) is 1.54. The lowest BCUT2D eigenvalue weighted by molar-refractivity contribution is -0.870. The molecule has 3 N–H and O–H groups in total. The molecule has 3 atom stereocenters. The first-order valence-electron chi connectivity index (χ1n) is 20.4. The maximum Gasteiger partial charge on any atom is 0.472 e. The third kappa shape index (κ3) is 35.1. The fraction of sp³-hybridized carbons (Fsp3) is 0.829. The number of unbranched alkanes of at least 4 members (excludes halogenated alkanes) is 19. The van der Waals surface area contributed by atoms with Gasteiger partial charge in [-0.15, -0.1) is 0 Å². The molecule has 0 aromatic carbocycles.